The summed E-state index contributed by atoms with van der Waals surface area (Å²) in [7, 11) is 0. The Balaban J connectivity index is 1.35. The summed E-state index contributed by atoms with van der Waals surface area (Å²) in [5.41, 5.74) is 6.39. The van der Waals surface area contributed by atoms with Gasteiger partial charge >= 0.3 is 0 Å². The zero-order chi connectivity index (χ0) is 21.8. The van der Waals surface area contributed by atoms with E-state index in [0.717, 1.165) is 33.3 Å². The Morgan fingerprint density at radius 1 is 0.606 bits per heavy atom. The summed E-state index contributed by atoms with van der Waals surface area (Å²) in [6.45, 7) is 0. The Labute approximate surface area is 194 Å². The van der Waals surface area contributed by atoms with Gasteiger partial charge in [-0.1, -0.05) is 72.8 Å². The van der Waals surface area contributed by atoms with Crippen LogP contribution in [0.5, 0.6) is 0 Å². The Bertz CT molecular complexity index is 1810. The molecule has 5 aromatic carbocycles. The predicted octanol–water partition coefficient (Wildman–Crippen LogP) is 9.36. The molecule has 2 aromatic heterocycles. The van der Waals surface area contributed by atoms with E-state index in [1.807, 2.05) is 35.6 Å². The van der Waals surface area contributed by atoms with Crippen molar-refractivity contribution in [3.8, 4) is 11.1 Å². The van der Waals surface area contributed by atoms with Crippen molar-refractivity contribution in [2.24, 2.45) is 0 Å². The molecule has 1 N–H and O–H groups in total. The van der Waals surface area contributed by atoms with E-state index in [-0.39, 0.29) is 0 Å². The average molecular weight is 442 g/mol. The van der Waals surface area contributed by atoms with Crippen LogP contribution >= 0.6 is 11.3 Å². The molecule has 0 aliphatic heterocycles. The summed E-state index contributed by atoms with van der Waals surface area (Å²) in [6.07, 6.45) is 0. The highest BCUT2D eigenvalue weighted by molar-refractivity contribution is 7.26. The topological polar surface area (TPSA) is 25.2 Å². The second-order valence-corrected chi connectivity index (χ2v) is 9.32. The highest BCUT2D eigenvalue weighted by atomic mass is 32.1. The number of furan rings is 1. The summed E-state index contributed by atoms with van der Waals surface area (Å²) in [5.74, 6) is 0. The number of fused-ring (bicyclic) bond motifs is 6. The zero-order valence-electron chi connectivity index (χ0n) is 17.7. The van der Waals surface area contributed by atoms with Crippen LogP contribution in [0.25, 0.3) is 53.2 Å². The molecule has 0 radical (unpaired) electrons. The van der Waals surface area contributed by atoms with Crippen LogP contribution in [0.2, 0.25) is 0 Å². The minimum Gasteiger partial charge on any atom is -0.456 e. The van der Waals surface area contributed by atoms with E-state index in [4.69, 9.17) is 4.42 Å². The Morgan fingerprint density at radius 3 is 2.33 bits per heavy atom. The maximum absolute atomic E-state index is 6.06. The van der Waals surface area contributed by atoms with Crippen LogP contribution in [0.15, 0.2) is 114 Å². The van der Waals surface area contributed by atoms with E-state index >= 15 is 0 Å². The molecule has 2 heterocycles. The predicted molar refractivity (Wildman–Crippen MR) is 142 cm³/mol. The van der Waals surface area contributed by atoms with Crippen molar-refractivity contribution in [2.45, 2.75) is 0 Å². The van der Waals surface area contributed by atoms with E-state index < -0.39 is 0 Å². The van der Waals surface area contributed by atoms with Gasteiger partial charge in [0.1, 0.15) is 11.2 Å². The first kappa shape index (κ1) is 18.5. The number of hydrogen-bond donors (Lipinski definition) is 1. The van der Waals surface area contributed by atoms with Gasteiger partial charge < -0.3 is 9.73 Å². The smallest absolute Gasteiger partial charge is 0.137 e. The summed E-state index contributed by atoms with van der Waals surface area (Å²) < 4.78 is 8.72. The van der Waals surface area contributed by atoms with Crippen LogP contribution in [0.4, 0.5) is 11.4 Å². The molecular formula is C30H19NOS. The number of anilines is 2. The van der Waals surface area contributed by atoms with Gasteiger partial charge in [0, 0.05) is 31.2 Å². The number of rotatable bonds is 3. The number of benzene rings is 5. The minimum atomic E-state index is 0.896. The van der Waals surface area contributed by atoms with Gasteiger partial charge in [-0.25, -0.2) is 0 Å². The van der Waals surface area contributed by atoms with Crippen LogP contribution in [0.1, 0.15) is 0 Å². The van der Waals surface area contributed by atoms with Gasteiger partial charge in [0.2, 0.25) is 0 Å². The van der Waals surface area contributed by atoms with Crippen LogP contribution < -0.4 is 5.32 Å². The molecule has 0 bridgehead atoms. The molecule has 3 heteroatoms. The largest absolute Gasteiger partial charge is 0.456 e. The molecule has 33 heavy (non-hydrogen) atoms. The van der Waals surface area contributed by atoms with Crippen LogP contribution in [-0.4, -0.2) is 0 Å². The van der Waals surface area contributed by atoms with Crippen molar-refractivity contribution < 1.29 is 4.42 Å². The molecule has 0 saturated heterocycles. The minimum absolute atomic E-state index is 0.896. The fourth-order valence-corrected chi connectivity index (χ4v) is 6.01. The van der Waals surface area contributed by atoms with Gasteiger partial charge in [-0.15, -0.1) is 11.3 Å². The first-order chi connectivity index (χ1) is 16.3. The normalized spacial score (nSPS) is 11.6. The molecule has 156 valence electrons. The lowest BCUT2D eigenvalue weighted by Gasteiger charge is -2.10. The highest BCUT2D eigenvalue weighted by Crippen LogP contribution is 2.41. The Morgan fingerprint density at radius 2 is 1.36 bits per heavy atom. The fourth-order valence-electron chi connectivity index (χ4n) is 4.77. The summed E-state index contributed by atoms with van der Waals surface area (Å²) in [5, 5.41) is 8.54. The molecule has 0 atom stereocenters. The number of thiophene rings is 1. The number of nitrogens with one attached hydrogen (secondary N) is 1. The second kappa shape index (κ2) is 7.22. The molecule has 7 rings (SSSR count). The molecule has 7 aromatic rings. The first-order valence-corrected chi connectivity index (χ1v) is 11.8. The van der Waals surface area contributed by atoms with Crippen LogP contribution in [0, 0.1) is 0 Å². The maximum Gasteiger partial charge on any atom is 0.137 e. The Hall–Kier alpha value is -4.08. The van der Waals surface area contributed by atoms with Crippen molar-refractivity contribution in [3.05, 3.63) is 109 Å². The second-order valence-electron chi connectivity index (χ2n) is 8.26. The van der Waals surface area contributed by atoms with E-state index in [0.29, 0.717) is 0 Å². The third-order valence-electron chi connectivity index (χ3n) is 6.26. The molecule has 0 aliphatic rings. The summed E-state index contributed by atoms with van der Waals surface area (Å²) >= 11 is 1.86. The average Bonchev–Trinajstić information content (AvgIpc) is 3.43. The Kier molecular flexibility index (Phi) is 4.05. The van der Waals surface area contributed by atoms with Crippen molar-refractivity contribution in [1.82, 2.24) is 0 Å². The highest BCUT2D eigenvalue weighted by Gasteiger charge is 2.13. The van der Waals surface area contributed by atoms with Gasteiger partial charge in [0.15, 0.2) is 0 Å². The van der Waals surface area contributed by atoms with Gasteiger partial charge in [-0.05, 0) is 47.5 Å². The van der Waals surface area contributed by atoms with Crippen molar-refractivity contribution in [3.63, 3.8) is 0 Å². The molecule has 2 nitrogen and oxygen atoms in total. The van der Waals surface area contributed by atoms with Gasteiger partial charge in [-0.2, -0.15) is 0 Å². The molecule has 0 aliphatic carbocycles. The summed E-state index contributed by atoms with van der Waals surface area (Å²) in [6, 6.07) is 38.3. The van der Waals surface area contributed by atoms with E-state index in [1.54, 1.807) is 0 Å². The van der Waals surface area contributed by atoms with E-state index in [1.165, 1.54) is 31.3 Å². The third-order valence-corrected chi connectivity index (χ3v) is 7.48. The third kappa shape index (κ3) is 2.94. The van der Waals surface area contributed by atoms with Crippen molar-refractivity contribution in [1.29, 1.82) is 0 Å². The fraction of sp³-hybridized carbons (Fsp3) is 0. The van der Waals surface area contributed by atoms with Gasteiger partial charge in [0.25, 0.3) is 0 Å². The first-order valence-electron chi connectivity index (χ1n) is 11.0. The van der Waals surface area contributed by atoms with Gasteiger partial charge in [0.05, 0.1) is 11.1 Å². The SMILES string of the molecule is c1cc(Nc2cccc3oc4ccccc4c23)cc(-c2cccc3c2sc2ccccc23)c1. The lowest BCUT2D eigenvalue weighted by Crippen LogP contribution is -1.91. The van der Waals surface area contributed by atoms with Crippen LogP contribution in [0.3, 0.4) is 0 Å². The quantitative estimate of drug-likeness (QED) is 0.295. The summed E-state index contributed by atoms with van der Waals surface area (Å²) in [4.78, 5) is 0. The standard InChI is InChI=1S/C30H19NOS/c1-3-15-26-24(11-1)29-25(14-7-16-27(29)32-26)31-20-9-5-8-19(18-20)21-12-6-13-23-22-10-2-4-17-28(22)33-30(21)23/h1-18,31H. The molecule has 0 amide bonds. The number of hydrogen-bond acceptors (Lipinski definition) is 3. The van der Waals surface area contributed by atoms with E-state index in [2.05, 4.69) is 90.2 Å². The van der Waals surface area contributed by atoms with Gasteiger partial charge in [-0.3, -0.25) is 0 Å². The van der Waals surface area contributed by atoms with Crippen molar-refractivity contribution in [2.75, 3.05) is 5.32 Å². The van der Waals surface area contributed by atoms with E-state index in [9.17, 15) is 0 Å². The number of para-hydroxylation sites is 1. The zero-order valence-corrected chi connectivity index (χ0v) is 18.5. The monoisotopic (exact) mass is 441 g/mol. The maximum atomic E-state index is 6.06. The molecular weight excluding hydrogens is 422 g/mol. The molecule has 0 unspecified atom stereocenters. The molecule has 0 spiro atoms. The van der Waals surface area contributed by atoms with Crippen LogP contribution in [-0.2, 0) is 0 Å². The molecule has 0 fully saturated rings. The lowest BCUT2D eigenvalue weighted by molar-refractivity contribution is 0.669. The lowest BCUT2D eigenvalue weighted by atomic mass is 10.0. The van der Waals surface area contributed by atoms with Crippen molar-refractivity contribution >= 4 is 64.8 Å². The molecule has 0 saturated carbocycles.